The zero-order valence-corrected chi connectivity index (χ0v) is 19.9. The van der Waals surface area contributed by atoms with Gasteiger partial charge in [0.05, 0.1) is 18.6 Å². The molecule has 1 N–H and O–H groups in total. The molecule has 1 amide bonds. The van der Waals surface area contributed by atoms with E-state index in [2.05, 4.69) is 15.5 Å². The molecule has 174 valence electrons. The van der Waals surface area contributed by atoms with E-state index in [1.165, 1.54) is 0 Å². The number of halogens is 2. The number of nitrogens with zero attached hydrogens (tertiary/aromatic N) is 2. The molecule has 0 aliphatic carbocycles. The molecule has 0 unspecified atom stereocenters. The van der Waals surface area contributed by atoms with Crippen molar-refractivity contribution < 1.29 is 18.8 Å². The highest BCUT2D eigenvalue weighted by molar-refractivity contribution is 6.35. The SMILES string of the molecule is COc1ccc(CC(=O)Nc2ccc(-c3noc([C@H](C)Oc4ccc(Cl)cc4Cl)n3)cc2)cc1. The second-order valence-electron chi connectivity index (χ2n) is 7.44. The number of carbonyl (C=O) groups is 1. The van der Waals surface area contributed by atoms with Crippen LogP contribution in [0, 0.1) is 0 Å². The van der Waals surface area contributed by atoms with E-state index < -0.39 is 6.10 Å². The molecule has 4 aromatic rings. The van der Waals surface area contributed by atoms with E-state index in [9.17, 15) is 4.79 Å². The molecule has 0 bridgehead atoms. The van der Waals surface area contributed by atoms with E-state index in [1.807, 2.05) is 24.3 Å². The molecule has 0 aliphatic heterocycles. The Labute approximate surface area is 206 Å². The Balaban J connectivity index is 1.36. The first-order chi connectivity index (χ1) is 16.4. The lowest BCUT2D eigenvalue weighted by Crippen LogP contribution is -2.14. The first-order valence-electron chi connectivity index (χ1n) is 10.4. The zero-order chi connectivity index (χ0) is 24.1. The van der Waals surface area contributed by atoms with Crippen LogP contribution in [0.1, 0.15) is 24.5 Å². The van der Waals surface area contributed by atoms with Crippen LogP contribution in [-0.2, 0) is 11.2 Å². The lowest BCUT2D eigenvalue weighted by Gasteiger charge is -2.12. The number of hydrogen-bond acceptors (Lipinski definition) is 6. The summed E-state index contributed by atoms with van der Waals surface area (Å²) in [5, 5.41) is 7.82. The predicted molar refractivity (Wildman–Crippen MR) is 131 cm³/mol. The largest absolute Gasteiger partial charge is 0.497 e. The summed E-state index contributed by atoms with van der Waals surface area (Å²) in [5.41, 5.74) is 2.30. The average molecular weight is 498 g/mol. The van der Waals surface area contributed by atoms with Gasteiger partial charge >= 0.3 is 0 Å². The molecule has 0 spiro atoms. The number of methoxy groups -OCH3 is 1. The molecular formula is C25H21Cl2N3O4. The molecular weight excluding hydrogens is 477 g/mol. The Bertz CT molecular complexity index is 1270. The number of amides is 1. The average Bonchev–Trinajstić information content (AvgIpc) is 3.32. The number of carbonyl (C=O) groups excluding carboxylic acids is 1. The molecule has 3 aromatic carbocycles. The van der Waals surface area contributed by atoms with Gasteiger partial charge in [0.25, 0.3) is 5.89 Å². The van der Waals surface area contributed by atoms with Crippen molar-refractivity contribution in [1.82, 2.24) is 10.1 Å². The standard InChI is InChI=1S/C25H21Cl2N3O4/c1-15(33-22-12-7-18(26)14-21(22)27)25-29-24(30-34-25)17-5-8-19(9-6-17)28-23(31)13-16-3-10-20(32-2)11-4-16/h3-12,14-15H,13H2,1-2H3,(H,28,31)/t15-/m0/s1. The molecule has 9 heteroatoms. The summed E-state index contributed by atoms with van der Waals surface area (Å²) in [4.78, 5) is 16.8. The summed E-state index contributed by atoms with van der Waals surface area (Å²) >= 11 is 12.1. The first-order valence-corrected chi connectivity index (χ1v) is 11.2. The maximum absolute atomic E-state index is 12.3. The van der Waals surface area contributed by atoms with E-state index in [0.29, 0.717) is 33.2 Å². The van der Waals surface area contributed by atoms with E-state index in [-0.39, 0.29) is 12.3 Å². The summed E-state index contributed by atoms with van der Waals surface area (Å²) in [6.07, 6.45) is -0.258. The molecule has 4 rings (SSSR count). The quantitative estimate of drug-likeness (QED) is 0.304. The van der Waals surface area contributed by atoms with Gasteiger partial charge in [-0.05, 0) is 67.1 Å². The Morgan fingerprint density at radius 1 is 1.06 bits per heavy atom. The molecule has 1 heterocycles. The van der Waals surface area contributed by atoms with Gasteiger partial charge in [-0.25, -0.2) is 0 Å². The second kappa shape index (κ2) is 10.6. The molecule has 1 atom stereocenters. The minimum absolute atomic E-state index is 0.119. The Hall–Kier alpha value is -3.55. The van der Waals surface area contributed by atoms with Crippen LogP contribution >= 0.6 is 23.2 Å². The van der Waals surface area contributed by atoms with Crippen molar-refractivity contribution >= 4 is 34.8 Å². The highest BCUT2D eigenvalue weighted by atomic mass is 35.5. The molecule has 0 saturated heterocycles. The summed E-state index contributed by atoms with van der Waals surface area (Å²) < 4.78 is 16.3. The Kier molecular flexibility index (Phi) is 7.35. The minimum Gasteiger partial charge on any atom is -0.497 e. The van der Waals surface area contributed by atoms with Crippen molar-refractivity contribution in [2.45, 2.75) is 19.4 Å². The van der Waals surface area contributed by atoms with Gasteiger partial charge in [-0.15, -0.1) is 0 Å². The third-order valence-electron chi connectivity index (χ3n) is 4.94. The van der Waals surface area contributed by atoms with Gasteiger partial charge in [0.15, 0.2) is 6.10 Å². The maximum Gasteiger partial charge on any atom is 0.267 e. The van der Waals surface area contributed by atoms with Crippen molar-refractivity contribution in [1.29, 1.82) is 0 Å². The summed E-state index contributed by atoms with van der Waals surface area (Å²) in [5.74, 6) is 1.81. The van der Waals surface area contributed by atoms with Gasteiger partial charge in [-0.1, -0.05) is 40.5 Å². The maximum atomic E-state index is 12.3. The van der Waals surface area contributed by atoms with Gasteiger partial charge in [0.1, 0.15) is 11.5 Å². The minimum atomic E-state index is -0.517. The number of aromatic nitrogens is 2. The van der Waals surface area contributed by atoms with E-state index in [4.69, 9.17) is 37.2 Å². The molecule has 34 heavy (non-hydrogen) atoms. The predicted octanol–water partition coefficient (Wildman–Crippen LogP) is 6.37. The van der Waals surface area contributed by atoms with Crippen molar-refractivity contribution in [3.63, 3.8) is 0 Å². The van der Waals surface area contributed by atoms with Crippen LogP contribution in [0.15, 0.2) is 71.3 Å². The third-order valence-corrected chi connectivity index (χ3v) is 5.47. The number of ether oxygens (including phenoxy) is 2. The number of hydrogen-bond donors (Lipinski definition) is 1. The van der Waals surface area contributed by atoms with Crippen LogP contribution in [0.4, 0.5) is 5.69 Å². The molecule has 0 saturated carbocycles. The number of nitrogens with one attached hydrogen (secondary N) is 1. The lowest BCUT2D eigenvalue weighted by molar-refractivity contribution is -0.115. The second-order valence-corrected chi connectivity index (χ2v) is 8.29. The van der Waals surface area contributed by atoms with Crippen molar-refractivity contribution in [2.75, 3.05) is 12.4 Å². The van der Waals surface area contributed by atoms with E-state index in [0.717, 1.165) is 16.9 Å². The van der Waals surface area contributed by atoms with Gasteiger partial charge in [-0.2, -0.15) is 4.98 Å². The Morgan fingerprint density at radius 3 is 2.47 bits per heavy atom. The summed E-state index contributed by atoms with van der Waals surface area (Å²) in [6, 6.07) is 19.5. The molecule has 0 radical (unpaired) electrons. The zero-order valence-electron chi connectivity index (χ0n) is 18.4. The number of rotatable bonds is 8. The monoisotopic (exact) mass is 497 g/mol. The fraction of sp³-hybridized carbons (Fsp3) is 0.160. The van der Waals surface area contributed by atoms with E-state index >= 15 is 0 Å². The van der Waals surface area contributed by atoms with Gasteiger partial charge in [0.2, 0.25) is 11.7 Å². The van der Waals surface area contributed by atoms with Crippen LogP contribution in [0.5, 0.6) is 11.5 Å². The van der Waals surface area contributed by atoms with Gasteiger partial charge in [-0.3, -0.25) is 4.79 Å². The topological polar surface area (TPSA) is 86.5 Å². The summed E-state index contributed by atoms with van der Waals surface area (Å²) in [7, 11) is 1.60. The van der Waals surface area contributed by atoms with Crippen LogP contribution in [0.2, 0.25) is 10.0 Å². The van der Waals surface area contributed by atoms with E-state index in [1.54, 1.807) is 56.5 Å². The first kappa shape index (κ1) is 23.6. The molecule has 0 fully saturated rings. The van der Waals surface area contributed by atoms with Gasteiger partial charge < -0.3 is 19.3 Å². The summed E-state index contributed by atoms with van der Waals surface area (Å²) in [6.45, 7) is 1.78. The number of anilines is 1. The fourth-order valence-electron chi connectivity index (χ4n) is 3.17. The fourth-order valence-corrected chi connectivity index (χ4v) is 3.62. The Morgan fingerprint density at radius 2 is 1.79 bits per heavy atom. The van der Waals surface area contributed by atoms with Gasteiger partial charge in [0, 0.05) is 16.3 Å². The number of benzene rings is 3. The van der Waals surface area contributed by atoms with Crippen molar-refractivity contribution in [2.24, 2.45) is 0 Å². The normalized spacial score (nSPS) is 11.6. The molecule has 1 aromatic heterocycles. The van der Waals surface area contributed by atoms with Crippen LogP contribution in [0.3, 0.4) is 0 Å². The lowest BCUT2D eigenvalue weighted by atomic mass is 10.1. The molecule has 0 aliphatic rings. The van der Waals surface area contributed by atoms with Crippen LogP contribution in [-0.4, -0.2) is 23.2 Å². The highest BCUT2D eigenvalue weighted by Gasteiger charge is 2.18. The highest BCUT2D eigenvalue weighted by Crippen LogP contribution is 2.31. The van der Waals surface area contributed by atoms with Crippen LogP contribution in [0.25, 0.3) is 11.4 Å². The van der Waals surface area contributed by atoms with Crippen LogP contribution < -0.4 is 14.8 Å². The van der Waals surface area contributed by atoms with Crippen molar-refractivity contribution in [3.05, 3.63) is 88.2 Å². The third kappa shape index (κ3) is 5.87. The smallest absolute Gasteiger partial charge is 0.267 e. The van der Waals surface area contributed by atoms with Crippen molar-refractivity contribution in [3.8, 4) is 22.9 Å². The molecule has 7 nitrogen and oxygen atoms in total.